The Bertz CT molecular complexity index is 359. The molecule has 1 aromatic carbocycles. The largest absolute Gasteiger partial charge is 0.324 e. The molecular formula is C16H26N2. The quantitative estimate of drug-likeness (QED) is 0.748. The summed E-state index contributed by atoms with van der Waals surface area (Å²) in [5, 5.41) is 0. The van der Waals surface area contributed by atoms with Crippen molar-refractivity contribution in [2.45, 2.75) is 26.8 Å². The number of nitrogens with two attached hydrogens (primary N) is 1. The Balaban J connectivity index is 2.58. The molecule has 2 N–H and O–H groups in total. The molecule has 0 heterocycles. The van der Waals surface area contributed by atoms with Crippen LogP contribution >= 0.6 is 0 Å². The van der Waals surface area contributed by atoms with E-state index < -0.39 is 0 Å². The van der Waals surface area contributed by atoms with Gasteiger partial charge in [-0.25, -0.2) is 0 Å². The molecule has 0 aliphatic carbocycles. The summed E-state index contributed by atoms with van der Waals surface area (Å²) in [5.74, 6) is 0.437. The van der Waals surface area contributed by atoms with E-state index in [0.717, 1.165) is 19.6 Å². The van der Waals surface area contributed by atoms with Gasteiger partial charge in [0.05, 0.1) is 0 Å². The summed E-state index contributed by atoms with van der Waals surface area (Å²) in [5.41, 5.74) is 8.75. The van der Waals surface area contributed by atoms with E-state index in [9.17, 15) is 0 Å². The normalized spacial score (nSPS) is 14.5. The third-order valence-electron chi connectivity index (χ3n) is 3.28. The van der Waals surface area contributed by atoms with Gasteiger partial charge in [-0.2, -0.15) is 0 Å². The molecule has 0 aliphatic rings. The van der Waals surface area contributed by atoms with Gasteiger partial charge in [0.25, 0.3) is 0 Å². The van der Waals surface area contributed by atoms with E-state index in [4.69, 9.17) is 5.73 Å². The van der Waals surface area contributed by atoms with Gasteiger partial charge in [0.1, 0.15) is 0 Å². The molecule has 2 heteroatoms. The number of hydrogen-bond donors (Lipinski definition) is 1. The highest BCUT2D eigenvalue weighted by molar-refractivity contribution is 5.19. The van der Waals surface area contributed by atoms with Crippen LogP contribution in [0.15, 0.2) is 42.5 Å². The van der Waals surface area contributed by atoms with Crippen molar-refractivity contribution in [3.63, 3.8) is 0 Å². The molecule has 0 amide bonds. The Kier molecular flexibility index (Phi) is 6.10. The Morgan fingerprint density at radius 2 is 1.94 bits per heavy atom. The zero-order chi connectivity index (χ0) is 13.5. The second-order valence-corrected chi connectivity index (χ2v) is 5.20. The number of likely N-dealkylation sites (N-methyl/N-ethyl adjacent to an activating group) is 1. The average Bonchev–Trinajstić information content (AvgIpc) is 2.37. The fraction of sp³-hybridized carbons (Fsp3) is 0.500. The Morgan fingerprint density at radius 3 is 2.44 bits per heavy atom. The van der Waals surface area contributed by atoms with Crippen molar-refractivity contribution in [1.29, 1.82) is 0 Å². The monoisotopic (exact) mass is 246 g/mol. The Morgan fingerprint density at radius 1 is 1.33 bits per heavy atom. The number of nitrogens with zero attached hydrogens (tertiary/aromatic N) is 1. The summed E-state index contributed by atoms with van der Waals surface area (Å²) in [4.78, 5) is 2.40. The van der Waals surface area contributed by atoms with E-state index in [1.807, 2.05) is 18.2 Å². The van der Waals surface area contributed by atoms with Crippen molar-refractivity contribution in [1.82, 2.24) is 4.90 Å². The lowest BCUT2D eigenvalue weighted by Gasteiger charge is -2.28. The molecule has 1 rings (SSSR count). The Hall–Kier alpha value is -1.12. The van der Waals surface area contributed by atoms with Crippen LogP contribution in [-0.4, -0.2) is 24.5 Å². The molecule has 0 saturated heterocycles. The van der Waals surface area contributed by atoms with Crippen molar-refractivity contribution >= 4 is 0 Å². The molecule has 1 aromatic rings. The Labute approximate surface area is 111 Å². The molecule has 2 nitrogen and oxygen atoms in total. The number of rotatable bonds is 7. The van der Waals surface area contributed by atoms with Gasteiger partial charge < -0.3 is 5.73 Å². The van der Waals surface area contributed by atoms with E-state index in [2.05, 4.69) is 44.4 Å². The second kappa shape index (κ2) is 7.34. The fourth-order valence-electron chi connectivity index (χ4n) is 2.21. The first-order valence-corrected chi connectivity index (χ1v) is 6.71. The zero-order valence-electron chi connectivity index (χ0n) is 11.9. The second-order valence-electron chi connectivity index (χ2n) is 5.20. The summed E-state index contributed by atoms with van der Waals surface area (Å²) >= 11 is 0. The standard InChI is InChI=1S/C16H26N2/c1-5-18(11-13(2)3)12-14(4)16(17)15-9-7-6-8-10-15/h6-10,14,16H,2,5,11-12,17H2,1,3-4H3. The minimum Gasteiger partial charge on any atom is -0.324 e. The van der Waals surface area contributed by atoms with Gasteiger partial charge >= 0.3 is 0 Å². The summed E-state index contributed by atoms with van der Waals surface area (Å²) < 4.78 is 0. The van der Waals surface area contributed by atoms with Gasteiger partial charge in [0, 0.05) is 19.1 Å². The van der Waals surface area contributed by atoms with Crippen molar-refractivity contribution in [3.8, 4) is 0 Å². The van der Waals surface area contributed by atoms with Gasteiger partial charge in [-0.3, -0.25) is 4.90 Å². The van der Waals surface area contributed by atoms with Crippen LogP contribution in [0.5, 0.6) is 0 Å². The summed E-state index contributed by atoms with van der Waals surface area (Å²) in [7, 11) is 0. The molecule has 0 aliphatic heterocycles. The lowest BCUT2D eigenvalue weighted by Crippen LogP contribution is -2.34. The molecule has 0 fully saturated rings. The van der Waals surface area contributed by atoms with Crippen LogP contribution < -0.4 is 5.73 Å². The van der Waals surface area contributed by atoms with Crippen LogP contribution in [0, 0.1) is 5.92 Å². The van der Waals surface area contributed by atoms with Crippen LogP contribution in [0.2, 0.25) is 0 Å². The molecule has 2 unspecified atom stereocenters. The molecular weight excluding hydrogens is 220 g/mol. The summed E-state index contributed by atoms with van der Waals surface area (Å²) in [6, 6.07) is 10.4. The molecule has 0 aromatic heterocycles. The number of hydrogen-bond acceptors (Lipinski definition) is 2. The first-order chi connectivity index (χ1) is 8.54. The molecule has 0 bridgehead atoms. The molecule has 100 valence electrons. The number of benzene rings is 1. The van der Waals surface area contributed by atoms with Gasteiger partial charge in [-0.1, -0.05) is 56.3 Å². The molecule has 0 saturated carbocycles. The SMILES string of the molecule is C=C(C)CN(CC)CC(C)C(N)c1ccccc1. The minimum absolute atomic E-state index is 0.102. The third kappa shape index (κ3) is 4.63. The maximum atomic E-state index is 6.32. The van der Waals surface area contributed by atoms with E-state index in [1.165, 1.54) is 11.1 Å². The fourth-order valence-corrected chi connectivity index (χ4v) is 2.21. The van der Waals surface area contributed by atoms with Crippen molar-refractivity contribution in [3.05, 3.63) is 48.0 Å². The molecule has 0 spiro atoms. The van der Waals surface area contributed by atoms with E-state index >= 15 is 0 Å². The van der Waals surface area contributed by atoms with Crippen LogP contribution in [0.4, 0.5) is 0 Å². The molecule has 2 atom stereocenters. The van der Waals surface area contributed by atoms with Crippen molar-refractivity contribution in [2.24, 2.45) is 11.7 Å². The maximum absolute atomic E-state index is 6.32. The van der Waals surface area contributed by atoms with Crippen LogP contribution in [0.25, 0.3) is 0 Å². The highest BCUT2D eigenvalue weighted by Gasteiger charge is 2.17. The molecule has 0 radical (unpaired) electrons. The van der Waals surface area contributed by atoms with Gasteiger partial charge in [-0.15, -0.1) is 0 Å². The van der Waals surface area contributed by atoms with Crippen molar-refractivity contribution < 1.29 is 0 Å². The molecule has 18 heavy (non-hydrogen) atoms. The van der Waals surface area contributed by atoms with Crippen LogP contribution in [-0.2, 0) is 0 Å². The zero-order valence-corrected chi connectivity index (χ0v) is 11.9. The predicted octanol–water partition coefficient (Wildman–Crippen LogP) is 3.22. The minimum atomic E-state index is 0.102. The lowest BCUT2D eigenvalue weighted by atomic mass is 9.95. The van der Waals surface area contributed by atoms with Gasteiger partial charge in [-0.05, 0) is 24.9 Å². The summed E-state index contributed by atoms with van der Waals surface area (Å²) in [6.07, 6.45) is 0. The smallest absolute Gasteiger partial charge is 0.0333 e. The topological polar surface area (TPSA) is 29.3 Å². The lowest BCUT2D eigenvalue weighted by molar-refractivity contribution is 0.248. The highest BCUT2D eigenvalue weighted by Crippen LogP contribution is 2.20. The maximum Gasteiger partial charge on any atom is 0.0333 e. The predicted molar refractivity (Wildman–Crippen MR) is 79.5 cm³/mol. The van der Waals surface area contributed by atoms with Crippen LogP contribution in [0.1, 0.15) is 32.4 Å². The van der Waals surface area contributed by atoms with E-state index in [0.29, 0.717) is 5.92 Å². The third-order valence-corrected chi connectivity index (χ3v) is 3.28. The van der Waals surface area contributed by atoms with Gasteiger partial charge in [0.2, 0.25) is 0 Å². The first-order valence-electron chi connectivity index (χ1n) is 6.71. The van der Waals surface area contributed by atoms with E-state index in [-0.39, 0.29) is 6.04 Å². The summed E-state index contributed by atoms with van der Waals surface area (Å²) in [6.45, 7) is 13.5. The van der Waals surface area contributed by atoms with E-state index in [1.54, 1.807) is 0 Å². The average molecular weight is 246 g/mol. The highest BCUT2D eigenvalue weighted by atomic mass is 15.1. The first kappa shape index (κ1) is 14.9. The van der Waals surface area contributed by atoms with Gasteiger partial charge in [0.15, 0.2) is 0 Å². The van der Waals surface area contributed by atoms with Crippen LogP contribution in [0.3, 0.4) is 0 Å². The van der Waals surface area contributed by atoms with Crippen molar-refractivity contribution in [2.75, 3.05) is 19.6 Å².